The van der Waals surface area contributed by atoms with Gasteiger partial charge in [0.1, 0.15) is 5.65 Å². The lowest BCUT2D eigenvalue weighted by Gasteiger charge is -2.38. The number of hydrogen-bond donors (Lipinski definition) is 1. The quantitative estimate of drug-likeness (QED) is 0.767. The molecule has 1 fully saturated rings. The maximum absolute atomic E-state index is 13.0. The Bertz CT molecular complexity index is 908. The molecule has 1 saturated carbocycles. The predicted molar refractivity (Wildman–Crippen MR) is 104 cm³/mol. The fraction of sp³-hybridized carbons (Fsp3) is 0.364. The highest BCUT2D eigenvalue weighted by Crippen LogP contribution is 2.32. The second kappa shape index (κ2) is 6.94. The topological polar surface area (TPSA) is 46.9 Å². The fourth-order valence-electron chi connectivity index (χ4n) is 4.15. The molecule has 0 radical (unpaired) electrons. The van der Waals surface area contributed by atoms with Crippen molar-refractivity contribution in [3.8, 4) is 0 Å². The Labute approximate surface area is 154 Å². The van der Waals surface area contributed by atoms with Crippen molar-refractivity contribution in [1.82, 2.24) is 14.9 Å². The molecule has 0 unspecified atom stereocenters. The molecule has 4 heteroatoms. The Balaban J connectivity index is 1.58. The van der Waals surface area contributed by atoms with Gasteiger partial charge in [-0.1, -0.05) is 49.6 Å². The minimum absolute atomic E-state index is 0.0129. The van der Waals surface area contributed by atoms with Crippen molar-refractivity contribution < 1.29 is 4.79 Å². The van der Waals surface area contributed by atoms with Crippen molar-refractivity contribution in [2.24, 2.45) is 7.05 Å². The minimum atomic E-state index is -0.150. The zero-order valence-corrected chi connectivity index (χ0v) is 15.2. The maximum Gasteiger partial charge on any atom is 0.253 e. The van der Waals surface area contributed by atoms with E-state index >= 15 is 0 Å². The van der Waals surface area contributed by atoms with E-state index in [1.54, 1.807) is 6.20 Å². The van der Waals surface area contributed by atoms with E-state index in [1.165, 1.54) is 24.8 Å². The van der Waals surface area contributed by atoms with Crippen LogP contribution < -0.4 is 5.32 Å². The molecule has 2 aromatic heterocycles. The van der Waals surface area contributed by atoms with E-state index in [2.05, 4.69) is 34.6 Å². The molecule has 134 valence electrons. The number of carbonyl (C=O) groups excluding carboxylic acids is 1. The van der Waals surface area contributed by atoms with E-state index < -0.39 is 0 Å². The first-order valence-electron chi connectivity index (χ1n) is 9.43. The molecule has 0 saturated heterocycles. The number of nitrogens with zero attached hydrogens (tertiary/aromatic N) is 2. The SMILES string of the molecule is Cn1ccc2cc(C(=O)NC3(Cc4ccccc4)CCCCC3)cnc21. The number of aryl methyl sites for hydroxylation is 1. The molecule has 1 aliphatic carbocycles. The Kier molecular flexibility index (Phi) is 4.49. The molecule has 1 aromatic carbocycles. The van der Waals surface area contributed by atoms with Gasteiger partial charge in [-0.3, -0.25) is 4.79 Å². The van der Waals surface area contributed by atoms with Crippen LogP contribution >= 0.6 is 0 Å². The first kappa shape index (κ1) is 16.8. The summed E-state index contributed by atoms with van der Waals surface area (Å²) in [5, 5.41) is 4.38. The third kappa shape index (κ3) is 3.36. The van der Waals surface area contributed by atoms with Gasteiger partial charge in [0.15, 0.2) is 0 Å². The summed E-state index contributed by atoms with van der Waals surface area (Å²) in [6, 6.07) is 14.4. The summed E-state index contributed by atoms with van der Waals surface area (Å²) in [6.07, 6.45) is 10.2. The van der Waals surface area contributed by atoms with Crippen molar-refractivity contribution in [3.05, 3.63) is 66.0 Å². The molecule has 3 aromatic rings. The number of carbonyl (C=O) groups is 1. The summed E-state index contributed by atoms with van der Waals surface area (Å²) in [4.78, 5) is 17.5. The lowest BCUT2D eigenvalue weighted by atomic mass is 9.77. The van der Waals surface area contributed by atoms with Gasteiger partial charge < -0.3 is 9.88 Å². The first-order chi connectivity index (χ1) is 12.7. The molecule has 0 spiro atoms. The van der Waals surface area contributed by atoms with Gasteiger partial charge >= 0.3 is 0 Å². The molecular formula is C22H25N3O. The maximum atomic E-state index is 13.0. The van der Waals surface area contributed by atoms with Crippen LogP contribution in [0.3, 0.4) is 0 Å². The van der Waals surface area contributed by atoms with Gasteiger partial charge in [-0.25, -0.2) is 4.98 Å². The molecule has 1 N–H and O–H groups in total. The zero-order valence-electron chi connectivity index (χ0n) is 15.2. The molecular weight excluding hydrogens is 322 g/mol. The van der Waals surface area contributed by atoms with Crippen molar-refractivity contribution in [2.75, 3.05) is 0 Å². The smallest absolute Gasteiger partial charge is 0.253 e. The Morgan fingerprint density at radius 2 is 1.92 bits per heavy atom. The summed E-state index contributed by atoms with van der Waals surface area (Å²) < 4.78 is 1.97. The van der Waals surface area contributed by atoms with Gasteiger partial charge in [-0.2, -0.15) is 0 Å². The highest BCUT2D eigenvalue weighted by atomic mass is 16.1. The second-order valence-corrected chi connectivity index (χ2v) is 7.52. The average molecular weight is 347 g/mol. The molecule has 2 heterocycles. The van der Waals surface area contributed by atoms with Crippen LogP contribution in [0.25, 0.3) is 11.0 Å². The third-order valence-corrected chi connectivity index (χ3v) is 5.54. The van der Waals surface area contributed by atoms with Crippen LogP contribution in [0.5, 0.6) is 0 Å². The Hall–Kier alpha value is -2.62. The molecule has 1 aliphatic rings. The molecule has 4 nitrogen and oxygen atoms in total. The summed E-state index contributed by atoms with van der Waals surface area (Å²) in [6.45, 7) is 0. The highest BCUT2D eigenvalue weighted by Gasteiger charge is 2.34. The summed E-state index contributed by atoms with van der Waals surface area (Å²) >= 11 is 0. The molecule has 0 bridgehead atoms. The van der Waals surface area contributed by atoms with Crippen LogP contribution in [-0.4, -0.2) is 21.0 Å². The van der Waals surface area contributed by atoms with E-state index in [4.69, 9.17) is 0 Å². The normalized spacial score (nSPS) is 16.5. The molecule has 4 rings (SSSR count). The van der Waals surface area contributed by atoms with Crippen LogP contribution in [0.2, 0.25) is 0 Å². The summed E-state index contributed by atoms with van der Waals surface area (Å²) in [5.41, 5.74) is 2.67. The van der Waals surface area contributed by atoms with E-state index in [0.29, 0.717) is 5.56 Å². The van der Waals surface area contributed by atoms with E-state index in [9.17, 15) is 4.79 Å². The largest absolute Gasteiger partial charge is 0.346 e. The molecule has 26 heavy (non-hydrogen) atoms. The summed E-state index contributed by atoms with van der Waals surface area (Å²) in [7, 11) is 1.96. The van der Waals surface area contributed by atoms with Crippen LogP contribution in [-0.2, 0) is 13.5 Å². The number of amides is 1. The van der Waals surface area contributed by atoms with Gasteiger partial charge in [0.25, 0.3) is 5.91 Å². The number of benzene rings is 1. The van der Waals surface area contributed by atoms with Crippen LogP contribution in [0.4, 0.5) is 0 Å². The molecule has 1 amide bonds. The third-order valence-electron chi connectivity index (χ3n) is 5.54. The zero-order chi connectivity index (χ0) is 18.0. The average Bonchev–Trinajstić information content (AvgIpc) is 3.03. The number of fused-ring (bicyclic) bond motifs is 1. The van der Waals surface area contributed by atoms with E-state index in [1.807, 2.05) is 36.0 Å². The van der Waals surface area contributed by atoms with E-state index in [-0.39, 0.29) is 11.4 Å². The van der Waals surface area contributed by atoms with Gasteiger partial charge in [0.2, 0.25) is 0 Å². The van der Waals surface area contributed by atoms with Crippen molar-refractivity contribution in [3.63, 3.8) is 0 Å². The lowest BCUT2D eigenvalue weighted by Crippen LogP contribution is -2.51. The Morgan fingerprint density at radius 1 is 1.15 bits per heavy atom. The monoisotopic (exact) mass is 347 g/mol. The highest BCUT2D eigenvalue weighted by molar-refractivity contribution is 5.97. The predicted octanol–water partition coefficient (Wildman–Crippen LogP) is 4.25. The van der Waals surface area contributed by atoms with Crippen LogP contribution in [0.15, 0.2) is 54.9 Å². The van der Waals surface area contributed by atoms with Gasteiger partial charge in [0.05, 0.1) is 5.56 Å². The van der Waals surface area contributed by atoms with Crippen molar-refractivity contribution in [2.45, 2.75) is 44.1 Å². The standard InChI is InChI=1S/C22H25N3O/c1-25-13-10-18-14-19(16-23-20(18)25)21(26)24-22(11-6-3-7-12-22)15-17-8-4-2-5-9-17/h2,4-5,8-10,13-14,16H,3,6-7,11-12,15H2,1H3,(H,24,26). The minimum Gasteiger partial charge on any atom is -0.346 e. The number of hydrogen-bond acceptors (Lipinski definition) is 2. The van der Waals surface area contributed by atoms with E-state index in [0.717, 1.165) is 30.3 Å². The van der Waals surface area contributed by atoms with Crippen molar-refractivity contribution >= 4 is 16.9 Å². The van der Waals surface area contributed by atoms with Crippen molar-refractivity contribution in [1.29, 1.82) is 0 Å². The number of pyridine rings is 1. The lowest BCUT2D eigenvalue weighted by molar-refractivity contribution is 0.0868. The van der Waals surface area contributed by atoms with Crippen LogP contribution in [0.1, 0.15) is 48.0 Å². The summed E-state index contributed by atoms with van der Waals surface area (Å²) in [5.74, 6) is -0.0129. The molecule has 0 atom stereocenters. The number of nitrogens with one attached hydrogen (secondary N) is 1. The first-order valence-corrected chi connectivity index (χ1v) is 9.43. The number of rotatable bonds is 4. The number of aromatic nitrogens is 2. The van der Waals surface area contributed by atoms with Gasteiger partial charge in [-0.05, 0) is 37.0 Å². The van der Waals surface area contributed by atoms with Gasteiger partial charge in [0, 0.05) is 30.4 Å². The molecule has 0 aliphatic heterocycles. The Morgan fingerprint density at radius 3 is 2.69 bits per heavy atom. The van der Waals surface area contributed by atoms with Gasteiger partial charge in [-0.15, -0.1) is 0 Å². The second-order valence-electron chi connectivity index (χ2n) is 7.52. The fourth-order valence-corrected chi connectivity index (χ4v) is 4.15. The van der Waals surface area contributed by atoms with Crippen LogP contribution in [0, 0.1) is 0 Å².